The molecule has 1 heterocycles. The quantitative estimate of drug-likeness (QED) is 0.671. The standard InChI is InChI=1S/C17H27NO3/c1-2-19-16-9-3-4-10-17(16)21-12-6-5-11-18-14-15-8-7-13-20-15/h3-4,9-10,15,18H,2,5-8,11-14H2,1H3/p+1/t15-/m1/s1. The first-order valence-corrected chi connectivity index (χ1v) is 8.18. The predicted molar refractivity (Wildman–Crippen MR) is 83.0 cm³/mol. The smallest absolute Gasteiger partial charge is 0.161 e. The van der Waals surface area contributed by atoms with E-state index in [1.165, 1.54) is 19.3 Å². The minimum Gasteiger partial charge on any atom is -0.490 e. The van der Waals surface area contributed by atoms with Gasteiger partial charge >= 0.3 is 0 Å². The fourth-order valence-electron chi connectivity index (χ4n) is 2.55. The van der Waals surface area contributed by atoms with Gasteiger partial charge in [0.25, 0.3) is 0 Å². The SMILES string of the molecule is CCOc1ccccc1OCCCC[NH2+]C[C@H]1CCCO1. The van der Waals surface area contributed by atoms with E-state index in [0.717, 1.165) is 44.2 Å². The van der Waals surface area contributed by atoms with Crippen LogP contribution in [0.2, 0.25) is 0 Å². The highest BCUT2D eigenvalue weighted by molar-refractivity contribution is 5.39. The second-order valence-electron chi connectivity index (χ2n) is 5.38. The van der Waals surface area contributed by atoms with Gasteiger partial charge in [0.05, 0.1) is 19.8 Å². The Labute approximate surface area is 127 Å². The molecule has 0 unspecified atom stereocenters. The molecule has 0 bridgehead atoms. The third-order valence-corrected chi connectivity index (χ3v) is 3.66. The maximum Gasteiger partial charge on any atom is 0.161 e. The summed E-state index contributed by atoms with van der Waals surface area (Å²) < 4.78 is 17.0. The maximum atomic E-state index is 5.81. The summed E-state index contributed by atoms with van der Waals surface area (Å²) >= 11 is 0. The van der Waals surface area contributed by atoms with Crippen molar-refractivity contribution in [2.24, 2.45) is 0 Å². The van der Waals surface area contributed by atoms with Crippen LogP contribution in [0.15, 0.2) is 24.3 Å². The molecular weight excluding hydrogens is 266 g/mol. The molecule has 1 atom stereocenters. The van der Waals surface area contributed by atoms with Crippen LogP contribution in [0.5, 0.6) is 11.5 Å². The van der Waals surface area contributed by atoms with E-state index >= 15 is 0 Å². The van der Waals surface area contributed by atoms with Crippen LogP contribution in [0, 0.1) is 0 Å². The number of ether oxygens (including phenoxy) is 3. The summed E-state index contributed by atoms with van der Waals surface area (Å²) in [5.41, 5.74) is 0. The Hall–Kier alpha value is -1.26. The van der Waals surface area contributed by atoms with Gasteiger partial charge in [-0.05, 0) is 44.7 Å². The lowest BCUT2D eigenvalue weighted by molar-refractivity contribution is -0.661. The number of unbranched alkanes of at least 4 members (excludes halogenated alkanes) is 1. The molecule has 4 heteroatoms. The highest BCUT2D eigenvalue weighted by Gasteiger charge is 2.16. The van der Waals surface area contributed by atoms with Crippen LogP contribution in [-0.4, -0.2) is 39.0 Å². The lowest BCUT2D eigenvalue weighted by Gasteiger charge is -2.11. The lowest BCUT2D eigenvalue weighted by atomic mass is 10.2. The first-order valence-electron chi connectivity index (χ1n) is 8.18. The lowest BCUT2D eigenvalue weighted by Crippen LogP contribution is -2.86. The Morgan fingerprint density at radius 2 is 2.00 bits per heavy atom. The summed E-state index contributed by atoms with van der Waals surface area (Å²) in [6.45, 7) is 6.60. The number of hydrogen-bond acceptors (Lipinski definition) is 3. The van der Waals surface area contributed by atoms with Crippen molar-refractivity contribution in [3.63, 3.8) is 0 Å². The summed E-state index contributed by atoms with van der Waals surface area (Å²) in [4.78, 5) is 0. The van der Waals surface area contributed by atoms with E-state index in [1.807, 2.05) is 31.2 Å². The highest BCUT2D eigenvalue weighted by atomic mass is 16.5. The topological polar surface area (TPSA) is 44.3 Å². The van der Waals surface area contributed by atoms with Crippen molar-refractivity contribution in [2.75, 3.05) is 32.9 Å². The van der Waals surface area contributed by atoms with E-state index in [2.05, 4.69) is 5.32 Å². The molecule has 1 saturated heterocycles. The summed E-state index contributed by atoms with van der Waals surface area (Å²) in [6, 6.07) is 7.87. The number of para-hydroxylation sites is 2. The molecule has 0 aromatic heterocycles. The van der Waals surface area contributed by atoms with E-state index in [1.54, 1.807) is 0 Å². The summed E-state index contributed by atoms with van der Waals surface area (Å²) in [5, 5.41) is 2.37. The molecule has 0 aliphatic carbocycles. The molecule has 0 saturated carbocycles. The van der Waals surface area contributed by atoms with Crippen LogP contribution in [-0.2, 0) is 4.74 Å². The summed E-state index contributed by atoms with van der Waals surface area (Å²) in [5.74, 6) is 1.69. The molecule has 118 valence electrons. The van der Waals surface area contributed by atoms with Crippen molar-refractivity contribution in [3.8, 4) is 11.5 Å². The normalized spacial score (nSPS) is 17.9. The average Bonchev–Trinajstić information content (AvgIpc) is 3.01. The molecule has 1 aromatic rings. The monoisotopic (exact) mass is 294 g/mol. The first kappa shape index (κ1) is 16.1. The third-order valence-electron chi connectivity index (χ3n) is 3.66. The predicted octanol–water partition coefficient (Wildman–Crippen LogP) is 1.99. The molecule has 1 aliphatic heterocycles. The molecule has 0 spiro atoms. The van der Waals surface area contributed by atoms with Crippen molar-refractivity contribution >= 4 is 0 Å². The highest BCUT2D eigenvalue weighted by Crippen LogP contribution is 2.26. The van der Waals surface area contributed by atoms with Crippen LogP contribution < -0.4 is 14.8 Å². The molecule has 1 aliphatic rings. The van der Waals surface area contributed by atoms with E-state index in [-0.39, 0.29) is 0 Å². The van der Waals surface area contributed by atoms with Crippen molar-refractivity contribution in [1.82, 2.24) is 0 Å². The molecule has 2 N–H and O–H groups in total. The van der Waals surface area contributed by atoms with Gasteiger partial charge in [-0.2, -0.15) is 0 Å². The Morgan fingerprint density at radius 3 is 2.71 bits per heavy atom. The molecule has 1 aromatic carbocycles. The fourth-order valence-corrected chi connectivity index (χ4v) is 2.55. The zero-order valence-electron chi connectivity index (χ0n) is 13.1. The molecule has 1 fully saturated rings. The van der Waals surface area contributed by atoms with Gasteiger partial charge < -0.3 is 19.5 Å². The van der Waals surface area contributed by atoms with Gasteiger partial charge in [-0.25, -0.2) is 0 Å². The molecule has 21 heavy (non-hydrogen) atoms. The number of rotatable bonds is 10. The van der Waals surface area contributed by atoms with Crippen LogP contribution in [0.25, 0.3) is 0 Å². The van der Waals surface area contributed by atoms with Crippen LogP contribution in [0.1, 0.15) is 32.6 Å². The Morgan fingerprint density at radius 1 is 1.19 bits per heavy atom. The third kappa shape index (κ3) is 5.94. The maximum absolute atomic E-state index is 5.81. The fraction of sp³-hybridized carbons (Fsp3) is 0.647. The average molecular weight is 294 g/mol. The van der Waals surface area contributed by atoms with Gasteiger partial charge in [0.1, 0.15) is 12.6 Å². The van der Waals surface area contributed by atoms with Gasteiger partial charge in [0.15, 0.2) is 11.5 Å². The zero-order valence-corrected chi connectivity index (χ0v) is 13.1. The van der Waals surface area contributed by atoms with Crippen molar-refractivity contribution in [1.29, 1.82) is 0 Å². The second-order valence-corrected chi connectivity index (χ2v) is 5.38. The first-order chi connectivity index (χ1) is 10.4. The van der Waals surface area contributed by atoms with Crippen LogP contribution >= 0.6 is 0 Å². The summed E-state index contributed by atoms with van der Waals surface area (Å²) in [6.07, 6.45) is 5.19. The Balaban J connectivity index is 1.53. The number of benzene rings is 1. The molecule has 0 radical (unpaired) electrons. The Kier molecular flexibility index (Phi) is 7.39. The second kappa shape index (κ2) is 9.64. The van der Waals surface area contributed by atoms with Crippen molar-refractivity contribution < 1.29 is 19.5 Å². The minimum atomic E-state index is 0.485. The zero-order chi connectivity index (χ0) is 14.8. The van der Waals surface area contributed by atoms with Gasteiger partial charge in [-0.1, -0.05) is 12.1 Å². The molecule has 2 rings (SSSR count). The van der Waals surface area contributed by atoms with Gasteiger partial charge in [0, 0.05) is 6.61 Å². The van der Waals surface area contributed by atoms with Crippen molar-refractivity contribution in [3.05, 3.63) is 24.3 Å². The molecular formula is C17H28NO3+. The number of nitrogens with two attached hydrogens (primary N) is 1. The number of hydrogen-bond donors (Lipinski definition) is 1. The van der Waals surface area contributed by atoms with Gasteiger partial charge in [0.2, 0.25) is 0 Å². The Bertz CT molecular complexity index is 391. The van der Waals surface area contributed by atoms with E-state index < -0.39 is 0 Å². The molecule has 4 nitrogen and oxygen atoms in total. The van der Waals surface area contributed by atoms with E-state index in [9.17, 15) is 0 Å². The van der Waals surface area contributed by atoms with Gasteiger partial charge in [-0.15, -0.1) is 0 Å². The van der Waals surface area contributed by atoms with Crippen molar-refractivity contribution in [2.45, 2.75) is 38.7 Å². The van der Waals surface area contributed by atoms with Crippen LogP contribution in [0.3, 0.4) is 0 Å². The van der Waals surface area contributed by atoms with E-state index in [4.69, 9.17) is 14.2 Å². The summed E-state index contributed by atoms with van der Waals surface area (Å²) in [7, 11) is 0. The van der Waals surface area contributed by atoms with Gasteiger partial charge in [-0.3, -0.25) is 0 Å². The number of quaternary nitrogens is 1. The van der Waals surface area contributed by atoms with E-state index in [0.29, 0.717) is 12.7 Å². The largest absolute Gasteiger partial charge is 0.490 e. The molecule has 0 amide bonds. The minimum absolute atomic E-state index is 0.485. The van der Waals surface area contributed by atoms with Crippen LogP contribution in [0.4, 0.5) is 0 Å².